The second-order valence-corrected chi connectivity index (χ2v) is 9.60. The molecule has 2 aliphatic heterocycles. The third-order valence-electron chi connectivity index (χ3n) is 7.46. The zero-order valence-corrected chi connectivity index (χ0v) is 19.8. The number of rotatable bonds is 4. The lowest BCUT2D eigenvalue weighted by Gasteiger charge is -2.42. The van der Waals surface area contributed by atoms with E-state index in [0.29, 0.717) is 50.6 Å². The zero-order valence-electron chi connectivity index (χ0n) is 19.8. The van der Waals surface area contributed by atoms with Crippen LogP contribution >= 0.6 is 0 Å². The van der Waals surface area contributed by atoms with Gasteiger partial charge in [0.2, 0.25) is 0 Å². The number of pyridine rings is 1. The molecule has 2 atom stereocenters. The average molecular weight is 495 g/mol. The molecule has 1 amide bonds. The molecule has 1 aromatic heterocycles. The van der Waals surface area contributed by atoms with Crippen LogP contribution in [0.5, 0.6) is 0 Å². The number of alkyl halides is 3. The van der Waals surface area contributed by atoms with E-state index in [9.17, 15) is 18.0 Å². The molecular formula is C27H25F3N4O2. The highest BCUT2D eigenvalue weighted by atomic mass is 19.4. The Bertz CT molecular complexity index is 1350. The molecule has 2 fully saturated rings. The Hall–Kier alpha value is -3.64. The zero-order chi connectivity index (χ0) is 25.5. The van der Waals surface area contributed by atoms with Gasteiger partial charge in [-0.05, 0) is 36.8 Å². The fourth-order valence-electron chi connectivity index (χ4n) is 5.60. The molecular weight excluding hydrogens is 469 g/mol. The van der Waals surface area contributed by atoms with E-state index in [1.54, 1.807) is 30.2 Å². The lowest BCUT2D eigenvalue weighted by molar-refractivity contribution is -0.137. The number of carbonyl (C=O) groups is 1. The van der Waals surface area contributed by atoms with Crippen LogP contribution < -0.4 is 4.90 Å². The van der Waals surface area contributed by atoms with E-state index in [2.05, 4.69) is 4.98 Å². The number of methoxy groups -OCH3 is 1. The number of benzene rings is 2. The smallest absolute Gasteiger partial charge is 0.384 e. The van der Waals surface area contributed by atoms with Crippen molar-refractivity contribution >= 4 is 22.5 Å². The number of anilines is 1. The Labute approximate surface area is 206 Å². The molecule has 186 valence electrons. The SMILES string of the molecule is COC[C@@]12CCN(C(=O)c3ccc4ccccc4n3)C[C@@H]1CN(c1ccc(C#N)c(C(F)(F)F)c1)C2. The number of nitrogens with zero attached hydrogens (tertiary/aromatic N) is 4. The molecule has 0 spiro atoms. The van der Waals surface area contributed by atoms with Crippen LogP contribution in [0.3, 0.4) is 0 Å². The summed E-state index contributed by atoms with van der Waals surface area (Å²) in [6, 6.07) is 16.7. The molecule has 5 rings (SSSR count). The number of amides is 1. The van der Waals surface area contributed by atoms with Crippen molar-refractivity contribution in [1.82, 2.24) is 9.88 Å². The highest BCUT2D eigenvalue weighted by Crippen LogP contribution is 2.45. The van der Waals surface area contributed by atoms with Gasteiger partial charge in [0, 0.05) is 55.7 Å². The Morgan fingerprint density at radius 2 is 2.00 bits per heavy atom. The van der Waals surface area contributed by atoms with Gasteiger partial charge >= 0.3 is 6.18 Å². The minimum Gasteiger partial charge on any atom is -0.384 e. The first-order chi connectivity index (χ1) is 17.2. The number of hydrogen-bond acceptors (Lipinski definition) is 5. The first-order valence-electron chi connectivity index (χ1n) is 11.7. The first kappa shape index (κ1) is 24.1. The maximum Gasteiger partial charge on any atom is 0.417 e. The van der Waals surface area contributed by atoms with Gasteiger partial charge in [0.25, 0.3) is 5.91 Å². The number of ether oxygens (including phenoxy) is 1. The molecule has 0 radical (unpaired) electrons. The summed E-state index contributed by atoms with van der Waals surface area (Å²) >= 11 is 0. The molecule has 9 heteroatoms. The molecule has 3 heterocycles. The minimum atomic E-state index is -4.62. The standard InChI is InChI=1S/C27H25F3N4O2/c1-36-17-26-10-11-33(25(35)24-9-7-18-4-2-3-5-23(18)32-24)14-20(26)15-34(16-26)21-8-6-19(13-31)22(12-21)27(28,29)30/h2-9,12,20H,10-11,14-17H2,1H3/t20-,26+/m1/s1. The maximum atomic E-state index is 13.6. The molecule has 6 nitrogen and oxygen atoms in total. The summed E-state index contributed by atoms with van der Waals surface area (Å²) in [6.45, 7) is 2.44. The maximum absolute atomic E-state index is 13.6. The molecule has 3 aromatic rings. The second kappa shape index (κ2) is 9.10. The predicted octanol–water partition coefficient (Wildman–Crippen LogP) is 4.74. The second-order valence-electron chi connectivity index (χ2n) is 9.60. The fourth-order valence-corrected chi connectivity index (χ4v) is 5.60. The summed E-state index contributed by atoms with van der Waals surface area (Å²) in [5.41, 5.74) is -0.0619. The van der Waals surface area contributed by atoms with Crippen molar-refractivity contribution in [3.63, 3.8) is 0 Å². The Morgan fingerprint density at radius 3 is 2.75 bits per heavy atom. The topological polar surface area (TPSA) is 69.5 Å². The van der Waals surface area contributed by atoms with Crippen LogP contribution in [-0.2, 0) is 10.9 Å². The molecule has 0 aliphatic carbocycles. The monoisotopic (exact) mass is 494 g/mol. The van der Waals surface area contributed by atoms with Crippen molar-refractivity contribution in [3.8, 4) is 6.07 Å². The Balaban J connectivity index is 1.40. The average Bonchev–Trinajstić information content (AvgIpc) is 3.26. The van der Waals surface area contributed by atoms with Crippen LogP contribution in [0.4, 0.5) is 18.9 Å². The summed E-state index contributed by atoms with van der Waals surface area (Å²) in [5.74, 6) is -0.136. The number of aromatic nitrogens is 1. The van der Waals surface area contributed by atoms with Gasteiger partial charge in [-0.15, -0.1) is 0 Å². The number of hydrogen-bond donors (Lipinski definition) is 0. The van der Waals surface area contributed by atoms with Gasteiger partial charge in [0.1, 0.15) is 5.69 Å². The van der Waals surface area contributed by atoms with E-state index in [1.165, 1.54) is 6.07 Å². The number of carbonyl (C=O) groups excluding carboxylic acids is 1. The van der Waals surface area contributed by atoms with Gasteiger partial charge in [-0.3, -0.25) is 4.79 Å². The number of halogens is 3. The molecule has 2 saturated heterocycles. The van der Waals surface area contributed by atoms with Crippen molar-refractivity contribution in [1.29, 1.82) is 5.26 Å². The number of para-hydroxylation sites is 1. The molecule has 2 aliphatic rings. The molecule has 0 N–H and O–H groups in total. The first-order valence-corrected chi connectivity index (χ1v) is 11.7. The quantitative estimate of drug-likeness (QED) is 0.524. The molecule has 0 saturated carbocycles. The summed E-state index contributed by atoms with van der Waals surface area (Å²) in [6.07, 6.45) is -3.95. The van der Waals surface area contributed by atoms with E-state index in [4.69, 9.17) is 10.00 Å². The summed E-state index contributed by atoms with van der Waals surface area (Å²) in [5, 5.41) is 10.1. The highest BCUT2D eigenvalue weighted by molar-refractivity contribution is 5.95. The summed E-state index contributed by atoms with van der Waals surface area (Å²) in [7, 11) is 1.62. The number of fused-ring (bicyclic) bond motifs is 2. The Kier molecular flexibility index (Phi) is 6.08. The normalized spacial score (nSPS) is 21.9. The van der Waals surface area contributed by atoms with Gasteiger partial charge in [-0.2, -0.15) is 18.4 Å². The number of likely N-dealkylation sites (tertiary alicyclic amines) is 1. The third-order valence-corrected chi connectivity index (χ3v) is 7.46. The summed E-state index contributed by atoms with van der Waals surface area (Å²) in [4.78, 5) is 21.6. The molecule has 0 unspecified atom stereocenters. The minimum absolute atomic E-state index is 0.0144. The van der Waals surface area contributed by atoms with Gasteiger partial charge in [0.15, 0.2) is 0 Å². The van der Waals surface area contributed by atoms with Gasteiger partial charge in [-0.25, -0.2) is 4.98 Å². The molecule has 0 bridgehead atoms. The molecule has 2 aromatic carbocycles. The van der Waals surface area contributed by atoms with Gasteiger partial charge in [-0.1, -0.05) is 24.3 Å². The third kappa shape index (κ3) is 4.26. The van der Waals surface area contributed by atoms with Crippen LogP contribution in [0.2, 0.25) is 0 Å². The van der Waals surface area contributed by atoms with Crippen molar-refractivity contribution < 1.29 is 22.7 Å². The highest BCUT2D eigenvalue weighted by Gasteiger charge is 2.50. The van der Waals surface area contributed by atoms with E-state index in [0.717, 1.165) is 17.0 Å². The van der Waals surface area contributed by atoms with E-state index in [-0.39, 0.29) is 17.2 Å². The van der Waals surface area contributed by atoms with Crippen LogP contribution in [0, 0.1) is 22.7 Å². The van der Waals surface area contributed by atoms with E-state index < -0.39 is 17.3 Å². The van der Waals surface area contributed by atoms with Crippen LogP contribution in [0.15, 0.2) is 54.6 Å². The van der Waals surface area contributed by atoms with Crippen LogP contribution in [0.25, 0.3) is 10.9 Å². The lowest BCUT2D eigenvalue weighted by Crippen LogP contribution is -2.51. The number of piperidine rings is 1. The largest absolute Gasteiger partial charge is 0.417 e. The van der Waals surface area contributed by atoms with E-state index in [1.807, 2.05) is 35.2 Å². The van der Waals surface area contributed by atoms with Crippen molar-refractivity contribution in [2.24, 2.45) is 11.3 Å². The number of nitriles is 1. The van der Waals surface area contributed by atoms with Crippen LogP contribution in [-0.4, -0.2) is 55.7 Å². The van der Waals surface area contributed by atoms with Crippen molar-refractivity contribution in [3.05, 3.63) is 71.4 Å². The predicted molar refractivity (Wildman–Crippen MR) is 128 cm³/mol. The van der Waals surface area contributed by atoms with Crippen LogP contribution in [0.1, 0.15) is 28.0 Å². The van der Waals surface area contributed by atoms with Crippen molar-refractivity contribution in [2.45, 2.75) is 12.6 Å². The lowest BCUT2D eigenvalue weighted by atomic mass is 9.73. The fraction of sp³-hybridized carbons (Fsp3) is 0.370. The van der Waals surface area contributed by atoms with Crippen molar-refractivity contribution in [2.75, 3.05) is 44.8 Å². The summed E-state index contributed by atoms with van der Waals surface area (Å²) < 4.78 is 46.2. The van der Waals surface area contributed by atoms with Gasteiger partial charge < -0.3 is 14.5 Å². The van der Waals surface area contributed by atoms with Gasteiger partial charge in [0.05, 0.1) is 29.3 Å². The Morgan fingerprint density at radius 1 is 1.19 bits per heavy atom. The van der Waals surface area contributed by atoms with E-state index >= 15 is 0 Å². The molecule has 36 heavy (non-hydrogen) atoms.